The van der Waals surface area contributed by atoms with Gasteiger partial charge in [-0.1, -0.05) is 23.2 Å². The second-order valence-corrected chi connectivity index (χ2v) is 11.2. The zero-order valence-corrected chi connectivity index (χ0v) is 19.0. The highest BCUT2D eigenvalue weighted by Crippen LogP contribution is 2.35. The van der Waals surface area contributed by atoms with Crippen LogP contribution in [0.1, 0.15) is 0 Å². The minimum absolute atomic E-state index is 0.114. The van der Waals surface area contributed by atoms with E-state index in [1.165, 1.54) is 22.6 Å². The molecular formula is C18H17Cl2FN4O4S2. The zero-order chi connectivity index (χ0) is 22.4. The summed E-state index contributed by atoms with van der Waals surface area (Å²) in [6.07, 6.45) is 1.45. The quantitative estimate of drug-likeness (QED) is 0.492. The van der Waals surface area contributed by atoms with Crippen molar-refractivity contribution in [2.24, 2.45) is 0 Å². The lowest BCUT2D eigenvalue weighted by Gasteiger charge is -2.26. The number of H-pyrrole nitrogens is 1. The van der Waals surface area contributed by atoms with Gasteiger partial charge in [0.05, 0.1) is 26.1 Å². The van der Waals surface area contributed by atoms with Gasteiger partial charge in [0.1, 0.15) is 10.7 Å². The maximum Gasteiger partial charge on any atom is 0.264 e. The molecule has 0 aliphatic carbocycles. The summed E-state index contributed by atoms with van der Waals surface area (Å²) in [4.78, 5) is 1.83. The van der Waals surface area contributed by atoms with E-state index in [1.807, 2.05) is 0 Å². The Kier molecular flexibility index (Phi) is 5.92. The molecule has 1 aromatic heterocycles. The van der Waals surface area contributed by atoms with Gasteiger partial charge in [0.15, 0.2) is 0 Å². The fourth-order valence-electron chi connectivity index (χ4n) is 3.35. The zero-order valence-electron chi connectivity index (χ0n) is 15.8. The van der Waals surface area contributed by atoms with E-state index < -0.39 is 30.8 Å². The Morgan fingerprint density at radius 2 is 1.71 bits per heavy atom. The first-order valence-corrected chi connectivity index (χ1v) is 12.8. The van der Waals surface area contributed by atoms with E-state index in [2.05, 4.69) is 15.0 Å². The number of sulfonamides is 2. The number of halogens is 3. The van der Waals surface area contributed by atoms with E-state index in [4.69, 9.17) is 23.2 Å². The van der Waals surface area contributed by atoms with E-state index in [0.29, 0.717) is 34.0 Å². The Morgan fingerprint density at radius 1 is 1.00 bits per heavy atom. The molecule has 1 saturated heterocycles. The maximum atomic E-state index is 14.8. The van der Waals surface area contributed by atoms with Crippen molar-refractivity contribution in [3.8, 4) is 0 Å². The lowest BCUT2D eigenvalue weighted by atomic mass is 10.2. The van der Waals surface area contributed by atoms with Gasteiger partial charge >= 0.3 is 0 Å². The van der Waals surface area contributed by atoms with Gasteiger partial charge in [0.25, 0.3) is 10.0 Å². The van der Waals surface area contributed by atoms with Gasteiger partial charge in [0, 0.05) is 37.8 Å². The van der Waals surface area contributed by atoms with Gasteiger partial charge in [-0.3, -0.25) is 4.72 Å². The van der Waals surface area contributed by atoms with E-state index in [-0.39, 0.29) is 23.7 Å². The number of anilines is 1. The average molecular weight is 507 g/mol. The van der Waals surface area contributed by atoms with E-state index in [1.54, 1.807) is 0 Å². The van der Waals surface area contributed by atoms with Crippen LogP contribution in [0.5, 0.6) is 0 Å². The fourth-order valence-corrected chi connectivity index (χ4v) is 6.49. The predicted molar refractivity (Wildman–Crippen MR) is 117 cm³/mol. The highest BCUT2D eigenvalue weighted by atomic mass is 35.5. The molecule has 0 unspecified atom stereocenters. The molecule has 3 aromatic rings. The third kappa shape index (κ3) is 4.13. The van der Waals surface area contributed by atoms with Crippen LogP contribution >= 0.6 is 23.2 Å². The van der Waals surface area contributed by atoms with Crippen LogP contribution in [0, 0.1) is 5.82 Å². The number of aromatic amines is 1. The molecule has 1 aliphatic rings. The van der Waals surface area contributed by atoms with Gasteiger partial charge in [-0.2, -0.15) is 4.31 Å². The second-order valence-electron chi connectivity index (χ2n) is 6.83. The van der Waals surface area contributed by atoms with Crippen molar-refractivity contribution < 1.29 is 21.2 Å². The van der Waals surface area contributed by atoms with Gasteiger partial charge in [0.2, 0.25) is 10.0 Å². The lowest BCUT2D eigenvalue weighted by Crippen LogP contribution is -2.46. The number of hydrogen-bond acceptors (Lipinski definition) is 5. The predicted octanol–water partition coefficient (Wildman–Crippen LogP) is 3.01. The molecule has 0 radical (unpaired) electrons. The van der Waals surface area contributed by atoms with Crippen LogP contribution in [0.2, 0.25) is 10.0 Å². The number of nitrogens with one attached hydrogen (secondary N) is 3. The monoisotopic (exact) mass is 506 g/mol. The SMILES string of the molecule is O=S(=O)(Nc1ccc(Cl)c2c(Cl)c[nH]c12)c1ccc(S(=O)(=O)N2CCNCC2)cc1F. The van der Waals surface area contributed by atoms with Gasteiger partial charge < -0.3 is 10.3 Å². The lowest BCUT2D eigenvalue weighted by molar-refractivity contribution is 0.360. The summed E-state index contributed by atoms with van der Waals surface area (Å²) in [7, 11) is -8.31. The van der Waals surface area contributed by atoms with Gasteiger partial charge in [-0.25, -0.2) is 21.2 Å². The Bertz CT molecular complexity index is 1370. The van der Waals surface area contributed by atoms with Crippen LogP contribution in [-0.2, 0) is 20.0 Å². The first-order valence-electron chi connectivity index (χ1n) is 9.09. The van der Waals surface area contributed by atoms with Crippen LogP contribution in [0.3, 0.4) is 0 Å². The summed E-state index contributed by atoms with van der Waals surface area (Å²) in [6.45, 7) is 1.46. The summed E-state index contributed by atoms with van der Waals surface area (Å²) in [5.74, 6) is -1.18. The van der Waals surface area contributed by atoms with Crippen LogP contribution in [0.4, 0.5) is 10.1 Å². The van der Waals surface area contributed by atoms with Crippen LogP contribution in [0.15, 0.2) is 46.3 Å². The third-order valence-electron chi connectivity index (χ3n) is 4.89. The third-order valence-corrected chi connectivity index (χ3v) is 8.79. The molecule has 1 fully saturated rings. The summed E-state index contributed by atoms with van der Waals surface area (Å²) >= 11 is 12.2. The molecule has 0 saturated carbocycles. The molecule has 13 heteroatoms. The number of piperazine rings is 1. The van der Waals surface area contributed by atoms with Crippen molar-refractivity contribution >= 4 is 59.8 Å². The largest absolute Gasteiger partial charge is 0.358 e. The fraction of sp³-hybridized carbons (Fsp3) is 0.222. The minimum atomic E-state index is -4.38. The molecule has 31 heavy (non-hydrogen) atoms. The average Bonchev–Trinajstić information content (AvgIpc) is 3.13. The topological polar surface area (TPSA) is 111 Å². The molecular weight excluding hydrogens is 490 g/mol. The Hall–Kier alpha value is -1.89. The summed E-state index contributed by atoms with van der Waals surface area (Å²) in [5.41, 5.74) is 0.447. The maximum absolute atomic E-state index is 14.8. The molecule has 4 rings (SSSR count). The molecule has 166 valence electrons. The highest BCUT2D eigenvalue weighted by Gasteiger charge is 2.28. The number of hydrogen-bond donors (Lipinski definition) is 3. The van der Waals surface area contributed by atoms with Crippen molar-refractivity contribution in [2.75, 3.05) is 30.9 Å². The number of rotatable bonds is 5. The van der Waals surface area contributed by atoms with E-state index >= 15 is 0 Å². The van der Waals surface area contributed by atoms with Crippen molar-refractivity contribution in [1.82, 2.24) is 14.6 Å². The molecule has 2 aromatic carbocycles. The van der Waals surface area contributed by atoms with Gasteiger partial charge in [-0.05, 0) is 30.3 Å². The van der Waals surface area contributed by atoms with Gasteiger partial charge in [-0.15, -0.1) is 0 Å². The summed E-state index contributed by atoms with van der Waals surface area (Å²) in [6, 6.07) is 5.60. The molecule has 0 amide bonds. The van der Waals surface area contributed by atoms with Crippen molar-refractivity contribution in [3.05, 3.63) is 52.4 Å². The number of fused-ring (bicyclic) bond motifs is 1. The Morgan fingerprint density at radius 3 is 2.39 bits per heavy atom. The van der Waals surface area contributed by atoms with Crippen LogP contribution < -0.4 is 10.0 Å². The van der Waals surface area contributed by atoms with Crippen LogP contribution in [-0.4, -0.2) is 52.3 Å². The summed E-state index contributed by atoms with van der Waals surface area (Å²) in [5, 5.41) is 4.07. The summed E-state index contributed by atoms with van der Waals surface area (Å²) < 4.78 is 69.3. The van der Waals surface area contributed by atoms with Crippen LogP contribution in [0.25, 0.3) is 10.9 Å². The normalized spacial score (nSPS) is 16.0. The minimum Gasteiger partial charge on any atom is -0.358 e. The Labute approximate surface area is 188 Å². The number of aromatic nitrogens is 1. The second kappa shape index (κ2) is 8.23. The molecule has 0 spiro atoms. The number of benzene rings is 2. The smallest absolute Gasteiger partial charge is 0.264 e. The van der Waals surface area contributed by atoms with E-state index in [9.17, 15) is 21.2 Å². The number of nitrogens with zero attached hydrogens (tertiary/aromatic N) is 1. The highest BCUT2D eigenvalue weighted by molar-refractivity contribution is 7.92. The van der Waals surface area contributed by atoms with Crippen molar-refractivity contribution in [2.45, 2.75) is 9.79 Å². The first-order chi connectivity index (χ1) is 14.6. The standard InChI is InChI=1S/C18H17Cl2FN4O4S2/c19-12-2-3-15(18-17(12)13(20)10-23-18)24-30(26,27)16-4-1-11(9-14(16)21)31(28,29)25-7-5-22-6-8-25/h1-4,9-10,22-24H,5-8H2. The molecule has 0 atom stereocenters. The molecule has 8 nitrogen and oxygen atoms in total. The van der Waals surface area contributed by atoms with E-state index in [0.717, 1.165) is 18.2 Å². The Balaban J connectivity index is 1.67. The van der Waals surface area contributed by atoms with Crippen molar-refractivity contribution in [3.63, 3.8) is 0 Å². The van der Waals surface area contributed by atoms with Crippen molar-refractivity contribution in [1.29, 1.82) is 0 Å². The molecule has 2 heterocycles. The molecule has 0 bridgehead atoms. The molecule has 3 N–H and O–H groups in total. The molecule has 1 aliphatic heterocycles. The first kappa shape index (κ1) is 22.3.